The van der Waals surface area contributed by atoms with E-state index in [4.69, 9.17) is 13.9 Å². The van der Waals surface area contributed by atoms with E-state index in [9.17, 15) is 5.11 Å². The quantitative estimate of drug-likeness (QED) is 0.736. The van der Waals surface area contributed by atoms with Crippen molar-refractivity contribution in [2.24, 2.45) is 0 Å². The van der Waals surface area contributed by atoms with Crippen LogP contribution in [0.3, 0.4) is 0 Å². The zero-order valence-corrected chi connectivity index (χ0v) is 19.4. The van der Waals surface area contributed by atoms with E-state index in [-0.39, 0.29) is 17.7 Å². The SMILES string of the molecule is CC1(C)O[C@H](CO[Si](c2ccccc2)(c2ccccc2)C(C)(C)C)[C@](C)(CO)O1. The fraction of sp³-hybridized carbons (Fsp3) is 0.500. The topological polar surface area (TPSA) is 47.9 Å². The predicted molar refractivity (Wildman–Crippen MR) is 119 cm³/mol. The summed E-state index contributed by atoms with van der Waals surface area (Å²) in [6.07, 6.45) is -0.357. The summed E-state index contributed by atoms with van der Waals surface area (Å²) in [6, 6.07) is 21.1. The first-order chi connectivity index (χ1) is 13.5. The van der Waals surface area contributed by atoms with Crippen LogP contribution in [0, 0.1) is 0 Å². The summed E-state index contributed by atoms with van der Waals surface area (Å²) in [7, 11) is -2.66. The second kappa shape index (κ2) is 7.97. The molecular formula is C24H34O4Si. The average Bonchev–Trinajstić information content (AvgIpc) is 2.92. The van der Waals surface area contributed by atoms with Crippen LogP contribution in [-0.4, -0.2) is 44.1 Å². The normalized spacial score (nSPS) is 24.6. The second-order valence-corrected chi connectivity index (χ2v) is 13.9. The Balaban J connectivity index is 2.05. The Bertz CT molecular complexity index is 761. The fourth-order valence-corrected chi connectivity index (χ4v) is 8.98. The molecule has 0 radical (unpaired) electrons. The maximum Gasteiger partial charge on any atom is 0.261 e. The van der Waals surface area contributed by atoms with Crippen molar-refractivity contribution in [3.8, 4) is 0 Å². The van der Waals surface area contributed by atoms with E-state index in [1.165, 1.54) is 10.4 Å². The minimum absolute atomic E-state index is 0.111. The van der Waals surface area contributed by atoms with Gasteiger partial charge in [-0.1, -0.05) is 81.4 Å². The van der Waals surface area contributed by atoms with Crippen LogP contribution in [0.15, 0.2) is 60.7 Å². The minimum Gasteiger partial charge on any atom is -0.405 e. The van der Waals surface area contributed by atoms with Crippen LogP contribution in [0.1, 0.15) is 41.5 Å². The molecule has 2 aromatic rings. The molecule has 0 aromatic heterocycles. The first-order valence-electron chi connectivity index (χ1n) is 10.3. The number of hydrogen-bond acceptors (Lipinski definition) is 4. The summed E-state index contributed by atoms with van der Waals surface area (Å²) in [4.78, 5) is 0. The molecule has 0 bridgehead atoms. The van der Waals surface area contributed by atoms with Gasteiger partial charge in [-0.15, -0.1) is 0 Å². The van der Waals surface area contributed by atoms with Gasteiger partial charge in [-0.3, -0.25) is 0 Å². The Morgan fingerprint density at radius 1 is 0.931 bits per heavy atom. The van der Waals surface area contributed by atoms with Gasteiger partial charge in [0.1, 0.15) is 11.7 Å². The molecule has 2 atom stereocenters. The van der Waals surface area contributed by atoms with Gasteiger partial charge >= 0.3 is 0 Å². The molecular weight excluding hydrogens is 380 g/mol. The van der Waals surface area contributed by atoms with Crippen molar-refractivity contribution in [2.45, 2.75) is 64.1 Å². The Morgan fingerprint density at radius 2 is 1.41 bits per heavy atom. The lowest BCUT2D eigenvalue weighted by Crippen LogP contribution is -2.67. The zero-order chi connectivity index (χ0) is 21.3. The molecule has 1 heterocycles. The van der Waals surface area contributed by atoms with Gasteiger partial charge in [-0.2, -0.15) is 0 Å². The fourth-order valence-electron chi connectivity index (χ4n) is 4.43. The number of ether oxygens (including phenoxy) is 2. The number of hydrogen-bond donors (Lipinski definition) is 1. The molecule has 0 amide bonds. The summed E-state index contributed by atoms with van der Waals surface area (Å²) in [5, 5.41) is 12.3. The Hall–Kier alpha value is -1.50. The molecule has 1 saturated heterocycles. The summed E-state index contributed by atoms with van der Waals surface area (Å²) in [5.41, 5.74) is -0.797. The molecule has 0 spiro atoms. The first kappa shape index (κ1) is 22.2. The number of aliphatic hydroxyl groups excluding tert-OH is 1. The van der Waals surface area contributed by atoms with Crippen molar-refractivity contribution in [1.82, 2.24) is 0 Å². The number of aliphatic hydroxyl groups is 1. The molecule has 0 saturated carbocycles. The van der Waals surface area contributed by atoms with Crippen molar-refractivity contribution < 1.29 is 19.0 Å². The molecule has 1 fully saturated rings. The van der Waals surface area contributed by atoms with E-state index < -0.39 is 19.7 Å². The predicted octanol–water partition coefficient (Wildman–Crippen LogP) is 3.47. The van der Waals surface area contributed by atoms with E-state index in [0.29, 0.717) is 6.61 Å². The summed E-state index contributed by atoms with van der Waals surface area (Å²) < 4.78 is 19.1. The Kier molecular flexibility index (Phi) is 6.10. The van der Waals surface area contributed by atoms with Gasteiger partial charge in [-0.25, -0.2) is 0 Å². The van der Waals surface area contributed by atoms with E-state index in [2.05, 4.69) is 69.3 Å². The molecule has 2 aromatic carbocycles. The molecule has 4 nitrogen and oxygen atoms in total. The van der Waals surface area contributed by atoms with Gasteiger partial charge < -0.3 is 19.0 Å². The largest absolute Gasteiger partial charge is 0.405 e. The van der Waals surface area contributed by atoms with Gasteiger partial charge in [0.25, 0.3) is 8.32 Å². The van der Waals surface area contributed by atoms with Gasteiger partial charge in [-0.05, 0) is 36.2 Å². The second-order valence-electron chi connectivity index (χ2n) is 9.55. The Labute approximate surface area is 176 Å². The van der Waals surface area contributed by atoms with Gasteiger partial charge in [0.05, 0.1) is 13.2 Å². The third-order valence-corrected chi connectivity index (χ3v) is 10.8. The summed E-state index contributed by atoms with van der Waals surface area (Å²) in [5.74, 6) is -0.753. The lowest BCUT2D eigenvalue weighted by molar-refractivity contribution is -0.166. The van der Waals surface area contributed by atoms with Crippen molar-refractivity contribution in [1.29, 1.82) is 0 Å². The van der Waals surface area contributed by atoms with Crippen molar-refractivity contribution >= 4 is 18.7 Å². The van der Waals surface area contributed by atoms with Crippen LogP contribution in [0.2, 0.25) is 5.04 Å². The molecule has 5 heteroatoms. The van der Waals surface area contributed by atoms with Crippen LogP contribution in [0.25, 0.3) is 0 Å². The van der Waals surface area contributed by atoms with Crippen molar-refractivity contribution in [3.63, 3.8) is 0 Å². The van der Waals surface area contributed by atoms with Crippen LogP contribution < -0.4 is 10.4 Å². The third-order valence-electron chi connectivity index (χ3n) is 5.77. The molecule has 0 unspecified atom stereocenters. The molecule has 3 rings (SSSR count). The number of rotatable bonds is 6. The highest BCUT2D eigenvalue weighted by atomic mass is 28.4. The first-order valence-corrected chi connectivity index (χ1v) is 12.2. The van der Waals surface area contributed by atoms with Crippen LogP contribution in [0.4, 0.5) is 0 Å². The molecule has 1 N–H and O–H groups in total. The minimum atomic E-state index is -2.66. The highest BCUT2D eigenvalue weighted by molar-refractivity contribution is 6.99. The molecule has 0 aliphatic carbocycles. The van der Waals surface area contributed by atoms with Crippen LogP contribution in [-0.2, 0) is 13.9 Å². The standard InChI is InChI=1S/C24H34O4Si/c1-22(2,3)29(19-13-9-7-10-14-19,20-15-11-8-12-16-20)26-17-21-24(6,18-25)28-23(4,5)27-21/h7-16,21,25H,17-18H2,1-6H3/t21-,24+/m1/s1. The van der Waals surface area contributed by atoms with Crippen LogP contribution in [0.5, 0.6) is 0 Å². The summed E-state index contributed by atoms with van der Waals surface area (Å²) in [6.45, 7) is 12.6. The monoisotopic (exact) mass is 414 g/mol. The lowest BCUT2D eigenvalue weighted by Gasteiger charge is -2.44. The number of benzene rings is 2. The van der Waals surface area contributed by atoms with E-state index >= 15 is 0 Å². The van der Waals surface area contributed by atoms with Crippen molar-refractivity contribution in [2.75, 3.05) is 13.2 Å². The molecule has 1 aliphatic heterocycles. The van der Waals surface area contributed by atoms with Gasteiger partial charge in [0, 0.05) is 0 Å². The van der Waals surface area contributed by atoms with E-state index in [0.717, 1.165) is 0 Å². The summed E-state index contributed by atoms with van der Waals surface area (Å²) >= 11 is 0. The van der Waals surface area contributed by atoms with Crippen molar-refractivity contribution in [3.05, 3.63) is 60.7 Å². The lowest BCUT2D eigenvalue weighted by atomic mass is 10.0. The smallest absolute Gasteiger partial charge is 0.261 e. The van der Waals surface area contributed by atoms with Gasteiger partial charge in [0.2, 0.25) is 0 Å². The molecule has 1 aliphatic rings. The molecule has 158 valence electrons. The third kappa shape index (κ3) is 4.20. The highest BCUT2D eigenvalue weighted by Crippen LogP contribution is 2.40. The van der Waals surface area contributed by atoms with Crippen LogP contribution >= 0.6 is 0 Å². The zero-order valence-electron chi connectivity index (χ0n) is 18.4. The van der Waals surface area contributed by atoms with Gasteiger partial charge in [0.15, 0.2) is 5.79 Å². The molecule has 29 heavy (non-hydrogen) atoms. The van der Waals surface area contributed by atoms with E-state index in [1.807, 2.05) is 32.9 Å². The van der Waals surface area contributed by atoms with E-state index in [1.54, 1.807) is 0 Å². The average molecular weight is 415 g/mol. The maximum atomic E-state index is 10.0. The Morgan fingerprint density at radius 3 is 1.83 bits per heavy atom. The maximum absolute atomic E-state index is 10.0. The highest BCUT2D eigenvalue weighted by Gasteiger charge is 2.54.